The molecule has 0 heterocycles. The summed E-state index contributed by atoms with van der Waals surface area (Å²) in [5, 5.41) is 0. The fourth-order valence-electron chi connectivity index (χ4n) is 1.75. The Morgan fingerprint density at radius 3 is 2.41 bits per heavy atom. The van der Waals surface area contributed by atoms with Crippen LogP contribution in [0.1, 0.15) is 31.7 Å². The lowest BCUT2D eigenvalue weighted by Gasteiger charge is -2.23. The molecule has 17 heavy (non-hydrogen) atoms. The second-order valence-corrected chi connectivity index (χ2v) is 4.69. The number of allylic oxidation sites excluding steroid dienone is 1. The number of aldehydes is 1. The van der Waals surface area contributed by atoms with Crippen molar-refractivity contribution < 1.29 is 9.59 Å². The Hall–Kier alpha value is -1.70. The Labute approximate surface area is 102 Å². The number of hydrogen-bond donors (Lipinski definition) is 0. The summed E-state index contributed by atoms with van der Waals surface area (Å²) in [6, 6.07) is 9.52. The van der Waals surface area contributed by atoms with Gasteiger partial charge < -0.3 is 4.79 Å². The van der Waals surface area contributed by atoms with Crippen LogP contribution in [0.15, 0.2) is 43.0 Å². The Kier molecular flexibility index (Phi) is 4.38. The maximum atomic E-state index is 12.3. The Morgan fingerprint density at radius 2 is 1.94 bits per heavy atom. The van der Waals surface area contributed by atoms with Gasteiger partial charge in [-0.05, 0) is 25.8 Å². The highest BCUT2D eigenvalue weighted by Gasteiger charge is 2.33. The van der Waals surface area contributed by atoms with Crippen molar-refractivity contribution in [2.75, 3.05) is 0 Å². The van der Waals surface area contributed by atoms with E-state index < -0.39 is 5.41 Å². The van der Waals surface area contributed by atoms with Gasteiger partial charge in [0.2, 0.25) is 0 Å². The van der Waals surface area contributed by atoms with Crippen LogP contribution in [0, 0.1) is 5.41 Å². The minimum atomic E-state index is -0.941. The molecule has 0 aromatic heterocycles. The number of hydrogen-bond acceptors (Lipinski definition) is 2. The molecule has 0 radical (unpaired) electrons. The van der Waals surface area contributed by atoms with Crippen molar-refractivity contribution in [1.29, 1.82) is 0 Å². The standard InChI is InChI=1S/C15H18O2/c1-4-8-13(12-9-6-5-7-10-12)14(17)15(2,3)11-16/h4-7,9-11,13H,1,8H2,2-3H3. The molecule has 0 N–H and O–H groups in total. The quantitative estimate of drug-likeness (QED) is 0.427. The van der Waals surface area contributed by atoms with E-state index in [1.54, 1.807) is 19.9 Å². The zero-order valence-electron chi connectivity index (χ0n) is 10.3. The second kappa shape index (κ2) is 5.58. The molecule has 1 aromatic carbocycles. The number of ketones is 1. The normalized spacial score (nSPS) is 12.8. The van der Waals surface area contributed by atoms with Crippen LogP contribution in [-0.2, 0) is 9.59 Å². The van der Waals surface area contributed by atoms with E-state index in [1.807, 2.05) is 30.3 Å². The maximum Gasteiger partial charge on any atom is 0.153 e. The zero-order valence-corrected chi connectivity index (χ0v) is 10.3. The van der Waals surface area contributed by atoms with E-state index in [0.29, 0.717) is 12.7 Å². The minimum absolute atomic E-state index is 0.0569. The largest absolute Gasteiger partial charge is 0.302 e. The molecule has 90 valence electrons. The monoisotopic (exact) mass is 230 g/mol. The van der Waals surface area contributed by atoms with E-state index in [-0.39, 0.29) is 11.7 Å². The van der Waals surface area contributed by atoms with Gasteiger partial charge in [0.1, 0.15) is 6.29 Å². The molecule has 0 aliphatic rings. The van der Waals surface area contributed by atoms with Crippen molar-refractivity contribution >= 4 is 12.1 Å². The van der Waals surface area contributed by atoms with Gasteiger partial charge in [-0.25, -0.2) is 0 Å². The molecule has 0 aliphatic carbocycles. The molecule has 0 bridgehead atoms. The first-order chi connectivity index (χ1) is 8.03. The minimum Gasteiger partial charge on any atom is -0.302 e. The van der Waals surface area contributed by atoms with Crippen molar-refractivity contribution in [1.82, 2.24) is 0 Å². The number of benzene rings is 1. The molecule has 2 heteroatoms. The van der Waals surface area contributed by atoms with E-state index in [4.69, 9.17) is 0 Å². The lowest BCUT2D eigenvalue weighted by molar-refractivity contribution is -0.133. The van der Waals surface area contributed by atoms with Crippen molar-refractivity contribution in [2.24, 2.45) is 5.41 Å². The van der Waals surface area contributed by atoms with Gasteiger partial charge in [-0.2, -0.15) is 0 Å². The molecule has 0 aliphatic heterocycles. The summed E-state index contributed by atoms with van der Waals surface area (Å²) in [6.45, 7) is 6.98. The van der Waals surface area contributed by atoms with Crippen LogP contribution < -0.4 is 0 Å². The van der Waals surface area contributed by atoms with E-state index >= 15 is 0 Å². The molecule has 1 atom stereocenters. The molecule has 0 spiro atoms. The van der Waals surface area contributed by atoms with Crippen molar-refractivity contribution in [3.63, 3.8) is 0 Å². The first-order valence-electron chi connectivity index (χ1n) is 5.69. The molecule has 2 nitrogen and oxygen atoms in total. The zero-order chi connectivity index (χ0) is 12.9. The van der Waals surface area contributed by atoms with Crippen LogP contribution in [0.4, 0.5) is 0 Å². The summed E-state index contributed by atoms with van der Waals surface area (Å²) in [7, 11) is 0. The average molecular weight is 230 g/mol. The topological polar surface area (TPSA) is 34.1 Å². The lowest BCUT2D eigenvalue weighted by atomic mass is 9.78. The van der Waals surface area contributed by atoms with Crippen molar-refractivity contribution in [3.05, 3.63) is 48.6 Å². The number of rotatable bonds is 6. The molecule has 1 unspecified atom stereocenters. The summed E-state index contributed by atoms with van der Waals surface area (Å²) in [5.74, 6) is -0.340. The predicted octanol–water partition coefficient (Wildman–Crippen LogP) is 3.14. The Bertz CT molecular complexity index is 404. The Morgan fingerprint density at radius 1 is 1.35 bits per heavy atom. The summed E-state index contributed by atoms with van der Waals surface area (Å²) in [5.41, 5.74) is -0.00362. The van der Waals surface area contributed by atoms with Crippen LogP contribution in [0.3, 0.4) is 0 Å². The molecule has 0 amide bonds. The average Bonchev–Trinajstić information content (AvgIpc) is 2.36. The van der Waals surface area contributed by atoms with E-state index in [2.05, 4.69) is 6.58 Å². The Balaban J connectivity index is 3.06. The summed E-state index contributed by atoms with van der Waals surface area (Å²) < 4.78 is 0. The molecular formula is C15H18O2. The van der Waals surface area contributed by atoms with Gasteiger partial charge in [-0.1, -0.05) is 36.4 Å². The molecule has 1 rings (SSSR count). The molecule has 1 aromatic rings. The first-order valence-corrected chi connectivity index (χ1v) is 5.69. The number of carbonyl (C=O) groups is 2. The van der Waals surface area contributed by atoms with Gasteiger partial charge in [0, 0.05) is 5.92 Å². The van der Waals surface area contributed by atoms with Crippen molar-refractivity contribution in [3.8, 4) is 0 Å². The van der Waals surface area contributed by atoms with E-state index in [9.17, 15) is 9.59 Å². The number of carbonyl (C=O) groups excluding carboxylic acids is 2. The van der Waals surface area contributed by atoms with Gasteiger partial charge in [-0.15, -0.1) is 6.58 Å². The van der Waals surface area contributed by atoms with Crippen LogP contribution >= 0.6 is 0 Å². The van der Waals surface area contributed by atoms with Crippen molar-refractivity contribution in [2.45, 2.75) is 26.2 Å². The second-order valence-electron chi connectivity index (χ2n) is 4.69. The fraction of sp³-hybridized carbons (Fsp3) is 0.333. The van der Waals surface area contributed by atoms with Crippen LogP contribution in [-0.4, -0.2) is 12.1 Å². The van der Waals surface area contributed by atoms with Gasteiger partial charge in [0.05, 0.1) is 5.41 Å². The van der Waals surface area contributed by atoms with Crippen LogP contribution in [0.5, 0.6) is 0 Å². The molecular weight excluding hydrogens is 212 g/mol. The highest BCUT2D eigenvalue weighted by Crippen LogP contribution is 2.29. The highest BCUT2D eigenvalue weighted by molar-refractivity contribution is 6.01. The summed E-state index contributed by atoms with van der Waals surface area (Å²) in [4.78, 5) is 23.3. The van der Waals surface area contributed by atoms with E-state index in [1.165, 1.54) is 0 Å². The summed E-state index contributed by atoms with van der Waals surface area (Å²) in [6.07, 6.45) is 2.99. The third kappa shape index (κ3) is 3.13. The third-order valence-electron chi connectivity index (χ3n) is 2.85. The lowest BCUT2D eigenvalue weighted by Crippen LogP contribution is -2.31. The third-order valence-corrected chi connectivity index (χ3v) is 2.85. The summed E-state index contributed by atoms with van der Waals surface area (Å²) >= 11 is 0. The number of Topliss-reactive ketones (excluding diaryl/α,β-unsaturated/α-hetero) is 1. The van der Waals surface area contributed by atoms with Gasteiger partial charge in [0.25, 0.3) is 0 Å². The molecule has 0 saturated carbocycles. The van der Waals surface area contributed by atoms with Gasteiger partial charge in [-0.3, -0.25) is 4.79 Å². The van der Waals surface area contributed by atoms with E-state index in [0.717, 1.165) is 5.56 Å². The smallest absolute Gasteiger partial charge is 0.153 e. The predicted molar refractivity (Wildman–Crippen MR) is 68.8 cm³/mol. The van der Waals surface area contributed by atoms with Crippen LogP contribution in [0.2, 0.25) is 0 Å². The first kappa shape index (κ1) is 13.4. The fourth-order valence-corrected chi connectivity index (χ4v) is 1.75. The SMILES string of the molecule is C=CCC(C(=O)C(C)(C)C=O)c1ccccc1. The van der Waals surface area contributed by atoms with Gasteiger partial charge >= 0.3 is 0 Å². The maximum absolute atomic E-state index is 12.3. The highest BCUT2D eigenvalue weighted by atomic mass is 16.1. The van der Waals surface area contributed by atoms with Crippen LogP contribution in [0.25, 0.3) is 0 Å². The van der Waals surface area contributed by atoms with Gasteiger partial charge in [0.15, 0.2) is 5.78 Å². The molecule has 0 saturated heterocycles. The molecule has 0 fully saturated rings.